The number of amides is 1. The van der Waals surface area contributed by atoms with Crippen LogP contribution in [0.25, 0.3) is 0 Å². The van der Waals surface area contributed by atoms with Gasteiger partial charge < -0.3 is 14.5 Å². The summed E-state index contributed by atoms with van der Waals surface area (Å²) >= 11 is 0. The molecule has 1 rings (SSSR count). The van der Waals surface area contributed by atoms with Gasteiger partial charge >= 0.3 is 6.09 Å². The first kappa shape index (κ1) is 13.5. The first-order valence-corrected chi connectivity index (χ1v) is 5.76. The third-order valence-corrected chi connectivity index (χ3v) is 2.11. The van der Waals surface area contributed by atoms with E-state index in [-0.39, 0.29) is 6.04 Å². The molecular weight excluding hydrogens is 222 g/mol. The fourth-order valence-corrected chi connectivity index (χ4v) is 1.46. The second kappa shape index (κ2) is 6.22. The standard InChI is InChI=1S/C11H19N3O3/c1-5-16-11(15)12-9(6-7(2)3)10-14-13-8(4)17-10/h7,9H,5-6H2,1-4H3,(H,12,15). The number of alkyl carbamates (subject to hydrolysis) is 1. The molecule has 6 heteroatoms. The fraction of sp³-hybridized carbons (Fsp3) is 0.727. The molecule has 96 valence electrons. The average Bonchev–Trinajstić information content (AvgIpc) is 2.63. The van der Waals surface area contributed by atoms with Crippen LogP contribution in [0.5, 0.6) is 0 Å². The minimum Gasteiger partial charge on any atom is -0.450 e. The van der Waals surface area contributed by atoms with E-state index in [2.05, 4.69) is 29.4 Å². The van der Waals surface area contributed by atoms with Gasteiger partial charge in [-0.3, -0.25) is 0 Å². The van der Waals surface area contributed by atoms with Crippen molar-refractivity contribution >= 4 is 6.09 Å². The van der Waals surface area contributed by atoms with Crippen LogP contribution in [-0.4, -0.2) is 22.9 Å². The van der Waals surface area contributed by atoms with Crippen LogP contribution in [0.4, 0.5) is 4.79 Å². The van der Waals surface area contributed by atoms with Crippen molar-refractivity contribution < 1.29 is 13.9 Å². The maximum atomic E-state index is 11.4. The molecule has 6 nitrogen and oxygen atoms in total. The lowest BCUT2D eigenvalue weighted by Crippen LogP contribution is -2.30. The van der Waals surface area contributed by atoms with Crippen LogP contribution in [-0.2, 0) is 4.74 Å². The van der Waals surface area contributed by atoms with E-state index in [0.717, 1.165) is 6.42 Å². The van der Waals surface area contributed by atoms with Gasteiger partial charge in [-0.2, -0.15) is 0 Å². The lowest BCUT2D eigenvalue weighted by atomic mass is 10.0. The smallest absolute Gasteiger partial charge is 0.407 e. The van der Waals surface area contributed by atoms with Crippen LogP contribution in [0.3, 0.4) is 0 Å². The highest BCUT2D eigenvalue weighted by molar-refractivity contribution is 5.67. The number of nitrogens with zero attached hydrogens (tertiary/aromatic N) is 2. The van der Waals surface area contributed by atoms with Gasteiger partial charge in [0, 0.05) is 6.92 Å². The molecule has 0 saturated carbocycles. The topological polar surface area (TPSA) is 77.2 Å². The first-order valence-electron chi connectivity index (χ1n) is 5.76. The largest absolute Gasteiger partial charge is 0.450 e. The van der Waals surface area contributed by atoms with Crippen LogP contribution in [0.1, 0.15) is 45.0 Å². The Balaban J connectivity index is 2.70. The van der Waals surface area contributed by atoms with Crippen molar-refractivity contribution in [2.24, 2.45) is 5.92 Å². The molecule has 0 aliphatic carbocycles. The van der Waals surface area contributed by atoms with Crippen molar-refractivity contribution in [2.45, 2.75) is 40.2 Å². The van der Waals surface area contributed by atoms with E-state index < -0.39 is 6.09 Å². The van der Waals surface area contributed by atoms with Crippen LogP contribution in [0, 0.1) is 12.8 Å². The van der Waals surface area contributed by atoms with Gasteiger partial charge in [-0.1, -0.05) is 13.8 Å². The molecule has 1 heterocycles. The summed E-state index contributed by atoms with van der Waals surface area (Å²) in [5.41, 5.74) is 0. The summed E-state index contributed by atoms with van der Waals surface area (Å²) in [5.74, 6) is 1.30. The first-order chi connectivity index (χ1) is 8.02. The van der Waals surface area contributed by atoms with E-state index in [9.17, 15) is 4.79 Å². The third-order valence-electron chi connectivity index (χ3n) is 2.11. The van der Waals surface area contributed by atoms with E-state index in [1.54, 1.807) is 13.8 Å². The summed E-state index contributed by atoms with van der Waals surface area (Å²) < 4.78 is 10.2. The fourth-order valence-electron chi connectivity index (χ4n) is 1.46. The molecule has 0 fully saturated rings. The lowest BCUT2D eigenvalue weighted by Gasteiger charge is -2.16. The number of rotatable bonds is 5. The molecule has 1 unspecified atom stereocenters. The number of hydrogen-bond acceptors (Lipinski definition) is 5. The Morgan fingerprint density at radius 1 is 1.47 bits per heavy atom. The molecule has 0 aliphatic rings. The predicted octanol–water partition coefficient (Wildman–Crippen LogP) is 2.21. The Morgan fingerprint density at radius 2 is 2.18 bits per heavy atom. The zero-order valence-electron chi connectivity index (χ0n) is 10.7. The zero-order chi connectivity index (χ0) is 12.8. The lowest BCUT2D eigenvalue weighted by molar-refractivity contribution is 0.144. The Hall–Kier alpha value is -1.59. The maximum Gasteiger partial charge on any atom is 0.407 e. The van der Waals surface area contributed by atoms with Gasteiger partial charge in [0.15, 0.2) is 0 Å². The summed E-state index contributed by atoms with van der Waals surface area (Å²) in [5, 5.41) is 10.4. The number of hydrogen-bond donors (Lipinski definition) is 1. The highest BCUT2D eigenvalue weighted by Crippen LogP contribution is 2.20. The Labute approximate surface area is 101 Å². The molecule has 1 atom stereocenters. The molecule has 1 aromatic rings. The summed E-state index contributed by atoms with van der Waals surface area (Å²) in [6.07, 6.45) is 0.259. The summed E-state index contributed by atoms with van der Waals surface area (Å²) in [4.78, 5) is 11.4. The SMILES string of the molecule is CCOC(=O)NC(CC(C)C)c1nnc(C)o1. The van der Waals surface area contributed by atoms with Crippen molar-refractivity contribution in [3.05, 3.63) is 11.8 Å². The molecule has 0 aliphatic heterocycles. The number of aryl methyl sites for hydroxylation is 1. The van der Waals surface area contributed by atoms with Gasteiger partial charge in [0.25, 0.3) is 0 Å². The molecule has 1 amide bonds. The van der Waals surface area contributed by atoms with E-state index in [1.165, 1.54) is 0 Å². The van der Waals surface area contributed by atoms with Crippen LogP contribution in [0.2, 0.25) is 0 Å². The highest BCUT2D eigenvalue weighted by Gasteiger charge is 2.21. The molecule has 0 aromatic carbocycles. The molecule has 0 bridgehead atoms. The Bertz CT molecular complexity index is 363. The second-order valence-corrected chi connectivity index (χ2v) is 4.21. The number of ether oxygens (including phenoxy) is 1. The Kier molecular flexibility index (Phi) is 4.93. The zero-order valence-corrected chi connectivity index (χ0v) is 10.7. The average molecular weight is 241 g/mol. The molecule has 0 spiro atoms. The van der Waals surface area contributed by atoms with Crippen molar-refractivity contribution in [3.63, 3.8) is 0 Å². The van der Waals surface area contributed by atoms with E-state index in [1.807, 2.05) is 0 Å². The van der Waals surface area contributed by atoms with Crippen LogP contribution in [0.15, 0.2) is 4.42 Å². The van der Waals surface area contributed by atoms with E-state index in [4.69, 9.17) is 9.15 Å². The normalized spacial score (nSPS) is 12.5. The number of aromatic nitrogens is 2. The third kappa shape index (κ3) is 4.42. The number of carbonyl (C=O) groups excluding carboxylic acids is 1. The predicted molar refractivity (Wildman–Crippen MR) is 61.4 cm³/mol. The van der Waals surface area contributed by atoms with Gasteiger partial charge in [0.05, 0.1) is 6.61 Å². The van der Waals surface area contributed by atoms with Crippen molar-refractivity contribution in [1.29, 1.82) is 0 Å². The molecule has 0 saturated heterocycles. The van der Waals surface area contributed by atoms with Gasteiger partial charge in [-0.15, -0.1) is 10.2 Å². The highest BCUT2D eigenvalue weighted by atomic mass is 16.5. The quantitative estimate of drug-likeness (QED) is 0.855. The van der Waals surface area contributed by atoms with Crippen LogP contribution < -0.4 is 5.32 Å². The van der Waals surface area contributed by atoms with Crippen molar-refractivity contribution in [1.82, 2.24) is 15.5 Å². The molecule has 0 radical (unpaired) electrons. The second-order valence-electron chi connectivity index (χ2n) is 4.21. The minimum absolute atomic E-state index is 0.296. The molecular formula is C11H19N3O3. The van der Waals surface area contributed by atoms with E-state index >= 15 is 0 Å². The van der Waals surface area contributed by atoms with Gasteiger partial charge in [-0.05, 0) is 19.3 Å². The van der Waals surface area contributed by atoms with Crippen LogP contribution >= 0.6 is 0 Å². The van der Waals surface area contributed by atoms with Gasteiger partial charge in [-0.25, -0.2) is 4.79 Å². The maximum absolute atomic E-state index is 11.4. The number of carbonyl (C=O) groups is 1. The minimum atomic E-state index is -0.464. The summed E-state index contributed by atoms with van der Waals surface area (Å²) in [7, 11) is 0. The summed E-state index contributed by atoms with van der Waals surface area (Å²) in [6.45, 7) is 7.93. The molecule has 1 aromatic heterocycles. The monoisotopic (exact) mass is 241 g/mol. The molecule has 1 N–H and O–H groups in total. The van der Waals surface area contributed by atoms with Gasteiger partial charge in [0.1, 0.15) is 6.04 Å². The Morgan fingerprint density at radius 3 is 2.65 bits per heavy atom. The van der Waals surface area contributed by atoms with Gasteiger partial charge in [0.2, 0.25) is 11.8 Å². The summed E-state index contributed by atoms with van der Waals surface area (Å²) in [6, 6.07) is -0.296. The van der Waals surface area contributed by atoms with Crippen molar-refractivity contribution in [3.8, 4) is 0 Å². The van der Waals surface area contributed by atoms with E-state index in [0.29, 0.717) is 24.3 Å². The van der Waals surface area contributed by atoms with Crippen molar-refractivity contribution in [2.75, 3.05) is 6.61 Å². The molecule has 17 heavy (non-hydrogen) atoms. The number of nitrogens with one attached hydrogen (secondary N) is 1.